The van der Waals surface area contributed by atoms with E-state index in [1.54, 1.807) is 30.1 Å². The molecule has 1 saturated heterocycles. The molecule has 1 aliphatic heterocycles. The second-order valence-corrected chi connectivity index (χ2v) is 7.14. The number of ether oxygens (including phenoxy) is 1. The predicted molar refractivity (Wildman–Crippen MR) is 107 cm³/mol. The number of nitrogens with two attached hydrogens (primary N) is 1. The third-order valence-corrected chi connectivity index (χ3v) is 4.86. The van der Waals surface area contributed by atoms with Crippen LogP contribution in [0.15, 0.2) is 42.4 Å². The first-order valence-electron chi connectivity index (χ1n) is 9.61. The predicted octanol–water partition coefficient (Wildman–Crippen LogP) is 3.32. The number of hydrogen-bond acceptors (Lipinski definition) is 6. The first-order valence-corrected chi connectivity index (χ1v) is 9.61. The number of amides is 1. The van der Waals surface area contributed by atoms with Gasteiger partial charge in [0.15, 0.2) is 0 Å². The summed E-state index contributed by atoms with van der Waals surface area (Å²) >= 11 is 0. The summed E-state index contributed by atoms with van der Waals surface area (Å²) in [6.45, 7) is 6.72. The van der Waals surface area contributed by atoms with Crippen LogP contribution in [0.4, 0.5) is 24.8 Å². The van der Waals surface area contributed by atoms with Gasteiger partial charge in [-0.2, -0.15) is 18.3 Å². The number of carbonyl (C=O) groups is 1. The Morgan fingerprint density at radius 2 is 2.16 bits per heavy atom. The van der Waals surface area contributed by atoms with Crippen LogP contribution in [0.3, 0.4) is 0 Å². The van der Waals surface area contributed by atoms with E-state index in [1.165, 1.54) is 0 Å². The second-order valence-electron chi connectivity index (χ2n) is 7.14. The van der Waals surface area contributed by atoms with E-state index in [2.05, 4.69) is 27.0 Å². The summed E-state index contributed by atoms with van der Waals surface area (Å²) in [6.07, 6.45) is 1.24. The second kappa shape index (κ2) is 9.29. The smallest absolute Gasteiger partial charge is 0.377 e. The van der Waals surface area contributed by atoms with Gasteiger partial charge in [0.1, 0.15) is 0 Å². The van der Waals surface area contributed by atoms with E-state index < -0.39 is 17.6 Å². The number of nitrogens with one attached hydrogen (secondary N) is 1. The fraction of sp³-hybridized carbons (Fsp3) is 0.400. The molecule has 0 aliphatic carbocycles. The van der Waals surface area contributed by atoms with Crippen LogP contribution in [0.5, 0.6) is 0 Å². The number of primary amides is 1. The molecule has 3 heterocycles. The Morgan fingerprint density at radius 1 is 1.42 bits per heavy atom. The Bertz CT molecular complexity index is 995. The highest BCUT2D eigenvalue weighted by Crippen LogP contribution is 2.33. The molecule has 1 aliphatic rings. The number of halogens is 3. The first-order chi connectivity index (χ1) is 14.7. The van der Waals surface area contributed by atoms with Gasteiger partial charge in [-0.05, 0) is 25.3 Å². The summed E-state index contributed by atoms with van der Waals surface area (Å²) in [4.78, 5) is 19.1. The summed E-state index contributed by atoms with van der Waals surface area (Å²) in [7, 11) is 0. The number of carbonyl (C=O) groups excluding carboxylic acids is 1. The van der Waals surface area contributed by atoms with E-state index in [1.807, 2.05) is 0 Å². The van der Waals surface area contributed by atoms with Gasteiger partial charge in [0.2, 0.25) is 11.9 Å². The number of alkyl halides is 3. The maximum atomic E-state index is 13.4. The highest BCUT2D eigenvalue weighted by Gasteiger charge is 2.35. The summed E-state index contributed by atoms with van der Waals surface area (Å²) in [5.74, 6) is -0.505. The minimum Gasteiger partial charge on any atom is -0.377 e. The number of nitrogens with zero attached hydrogens (tertiary/aromatic N) is 4. The highest BCUT2D eigenvalue weighted by molar-refractivity contribution is 5.77. The van der Waals surface area contributed by atoms with E-state index in [-0.39, 0.29) is 36.9 Å². The molecule has 0 saturated carbocycles. The number of hydrogen-bond donors (Lipinski definition) is 2. The number of rotatable bonds is 9. The molecule has 0 bridgehead atoms. The maximum Gasteiger partial charge on any atom is 0.419 e. The fourth-order valence-electron chi connectivity index (χ4n) is 3.06. The van der Waals surface area contributed by atoms with Gasteiger partial charge in [-0.3, -0.25) is 9.48 Å². The van der Waals surface area contributed by atoms with E-state index in [0.29, 0.717) is 30.0 Å². The van der Waals surface area contributed by atoms with Crippen molar-refractivity contribution in [3.8, 4) is 0 Å². The van der Waals surface area contributed by atoms with Gasteiger partial charge in [0.05, 0.1) is 48.8 Å². The zero-order valence-electron chi connectivity index (χ0n) is 16.9. The van der Waals surface area contributed by atoms with Crippen LogP contribution in [0.2, 0.25) is 0 Å². The molecule has 8 nitrogen and oxygen atoms in total. The molecule has 11 heteroatoms. The number of aryl methyl sites for hydroxylation is 1. The minimum atomic E-state index is -4.60. The SMILES string of the molecule is C=C(CCc1nc(Nc2cnn(C3COC3)c2)ncc1C(F)(F)F)/C(=C\C)CC(N)=O. The Balaban J connectivity index is 1.76. The van der Waals surface area contributed by atoms with Crippen molar-refractivity contribution in [3.63, 3.8) is 0 Å². The Hall–Kier alpha value is -3.21. The van der Waals surface area contributed by atoms with Crippen LogP contribution in [-0.4, -0.2) is 38.9 Å². The molecule has 166 valence electrons. The molecule has 0 unspecified atom stereocenters. The molecule has 3 rings (SSSR count). The van der Waals surface area contributed by atoms with Crippen LogP contribution in [0.25, 0.3) is 0 Å². The van der Waals surface area contributed by atoms with Crippen LogP contribution >= 0.6 is 0 Å². The summed E-state index contributed by atoms with van der Waals surface area (Å²) in [6, 6.07) is 0.145. The van der Waals surface area contributed by atoms with Gasteiger partial charge in [0, 0.05) is 12.4 Å². The Morgan fingerprint density at radius 3 is 2.74 bits per heavy atom. The van der Waals surface area contributed by atoms with Crippen LogP contribution in [0.1, 0.15) is 37.1 Å². The van der Waals surface area contributed by atoms with E-state index in [0.717, 1.165) is 6.20 Å². The Labute approximate surface area is 177 Å². The van der Waals surface area contributed by atoms with Crippen molar-refractivity contribution in [3.05, 3.63) is 53.6 Å². The average molecular weight is 436 g/mol. The van der Waals surface area contributed by atoms with E-state index >= 15 is 0 Å². The van der Waals surface area contributed by atoms with Crippen molar-refractivity contribution in [2.24, 2.45) is 5.73 Å². The van der Waals surface area contributed by atoms with Crippen LogP contribution < -0.4 is 11.1 Å². The van der Waals surface area contributed by atoms with Crippen molar-refractivity contribution in [2.45, 2.75) is 38.4 Å². The zero-order valence-corrected chi connectivity index (χ0v) is 16.9. The van der Waals surface area contributed by atoms with Gasteiger partial charge >= 0.3 is 6.18 Å². The topological polar surface area (TPSA) is 108 Å². The molecule has 1 amide bonds. The molecule has 0 radical (unpaired) electrons. The molecule has 0 aromatic carbocycles. The normalized spacial score (nSPS) is 14.9. The van der Waals surface area contributed by atoms with E-state index in [4.69, 9.17) is 10.5 Å². The van der Waals surface area contributed by atoms with Crippen molar-refractivity contribution < 1.29 is 22.7 Å². The lowest BCUT2D eigenvalue weighted by molar-refractivity contribution is -0.138. The van der Waals surface area contributed by atoms with E-state index in [9.17, 15) is 18.0 Å². The highest BCUT2D eigenvalue weighted by atomic mass is 19.4. The van der Waals surface area contributed by atoms with Gasteiger partial charge in [0.25, 0.3) is 0 Å². The fourth-order valence-corrected chi connectivity index (χ4v) is 3.06. The van der Waals surface area contributed by atoms with Crippen LogP contribution in [-0.2, 0) is 22.1 Å². The standard InChI is InChI=1S/C20H23F3N6O2/c1-3-13(6-18(24)30)12(2)4-5-17-16(20(21,22)23)8-25-19(28-17)27-14-7-26-29(9-14)15-10-31-11-15/h3,7-9,15H,2,4-6,10-11H2,1H3,(H2,24,30)(H,25,27,28)/b13-3-. The zero-order chi connectivity index (χ0) is 22.6. The van der Waals surface area contributed by atoms with Gasteiger partial charge < -0.3 is 15.8 Å². The summed E-state index contributed by atoms with van der Waals surface area (Å²) in [5, 5.41) is 7.09. The number of allylic oxidation sites excluding steroid dienone is 2. The third-order valence-electron chi connectivity index (χ3n) is 4.86. The average Bonchev–Trinajstić information content (AvgIpc) is 3.09. The molecule has 2 aromatic rings. The van der Waals surface area contributed by atoms with Crippen molar-refractivity contribution in [1.82, 2.24) is 19.7 Å². The third kappa shape index (κ3) is 5.69. The molecule has 0 spiro atoms. The number of aromatic nitrogens is 4. The lowest BCUT2D eigenvalue weighted by Gasteiger charge is -2.25. The number of anilines is 2. The molecular weight excluding hydrogens is 413 g/mol. The van der Waals surface area contributed by atoms with Crippen molar-refractivity contribution in [2.75, 3.05) is 18.5 Å². The lowest BCUT2D eigenvalue weighted by Crippen LogP contribution is -2.30. The van der Waals surface area contributed by atoms with Gasteiger partial charge in [-0.15, -0.1) is 0 Å². The summed E-state index contributed by atoms with van der Waals surface area (Å²) < 4.78 is 47.2. The monoisotopic (exact) mass is 436 g/mol. The molecule has 3 N–H and O–H groups in total. The lowest BCUT2D eigenvalue weighted by atomic mass is 9.97. The molecule has 0 atom stereocenters. The quantitative estimate of drug-likeness (QED) is 0.584. The van der Waals surface area contributed by atoms with Crippen LogP contribution in [0, 0.1) is 0 Å². The molecule has 2 aromatic heterocycles. The summed E-state index contributed by atoms with van der Waals surface area (Å²) in [5.41, 5.74) is 5.82. The molecule has 31 heavy (non-hydrogen) atoms. The minimum absolute atomic E-state index is 0.0198. The first kappa shape index (κ1) is 22.5. The molecular formula is C20H23F3N6O2. The van der Waals surface area contributed by atoms with Crippen molar-refractivity contribution >= 4 is 17.5 Å². The maximum absolute atomic E-state index is 13.4. The Kier molecular flexibility index (Phi) is 6.74. The largest absolute Gasteiger partial charge is 0.419 e. The van der Waals surface area contributed by atoms with Gasteiger partial charge in [-0.25, -0.2) is 9.97 Å². The molecule has 1 fully saturated rings. The van der Waals surface area contributed by atoms with Crippen molar-refractivity contribution in [1.29, 1.82) is 0 Å². The van der Waals surface area contributed by atoms with Gasteiger partial charge in [-0.1, -0.05) is 18.2 Å².